The Kier molecular flexibility index (Phi) is 5.62. The molecule has 1 heterocycles. The maximum atomic E-state index is 14.4. The van der Waals surface area contributed by atoms with Crippen LogP contribution in [0.15, 0.2) is 45.5 Å². The number of hydrogen-bond donors (Lipinski definition) is 0. The van der Waals surface area contributed by atoms with Crippen LogP contribution in [0.3, 0.4) is 0 Å². The zero-order valence-electron chi connectivity index (χ0n) is 14.2. The summed E-state index contributed by atoms with van der Waals surface area (Å²) in [5, 5.41) is 0.586. The van der Waals surface area contributed by atoms with Gasteiger partial charge in [0.2, 0.25) is 5.89 Å². The summed E-state index contributed by atoms with van der Waals surface area (Å²) in [6, 6.07) is 9.08. The molecule has 0 aliphatic rings. The highest BCUT2D eigenvalue weighted by atomic mass is 79.9. The van der Waals surface area contributed by atoms with Crippen molar-refractivity contribution in [3.05, 3.63) is 69.2 Å². The molecule has 2 aromatic carbocycles. The normalized spacial score (nSPS) is 12.1. The van der Waals surface area contributed by atoms with Crippen molar-refractivity contribution in [3.8, 4) is 17.0 Å². The summed E-state index contributed by atoms with van der Waals surface area (Å²) in [5.41, 5.74) is 0.650. The van der Waals surface area contributed by atoms with Crippen molar-refractivity contribution >= 4 is 33.3 Å². The van der Waals surface area contributed by atoms with E-state index in [4.69, 9.17) is 20.8 Å². The number of aromatic nitrogens is 1. The van der Waals surface area contributed by atoms with Gasteiger partial charge >= 0.3 is 0 Å². The molecule has 0 N–H and O–H groups in total. The molecule has 0 radical (unpaired) electrons. The molecule has 1 atom stereocenters. The summed E-state index contributed by atoms with van der Waals surface area (Å²) in [4.78, 5) is 15.8. The van der Waals surface area contributed by atoms with Crippen LogP contribution in [0.4, 0.5) is 8.78 Å². The molecule has 0 aliphatic heterocycles. The third-order valence-electron chi connectivity index (χ3n) is 3.78. The lowest BCUT2D eigenvalue weighted by atomic mass is 10.1. The summed E-state index contributed by atoms with van der Waals surface area (Å²) in [7, 11) is 0. The molecule has 1 unspecified atom stereocenters. The second-order valence-corrected chi connectivity index (χ2v) is 6.89. The molecule has 1 aromatic heterocycles. The van der Waals surface area contributed by atoms with Gasteiger partial charge in [0.05, 0.1) is 5.56 Å². The van der Waals surface area contributed by atoms with E-state index in [2.05, 4.69) is 20.9 Å². The van der Waals surface area contributed by atoms with E-state index in [0.29, 0.717) is 15.4 Å². The number of rotatable bonds is 5. The number of benzene rings is 2. The van der Waals surface area contributed by atoms with Gasteiger partial charge in [-0.05, 0) is 54.0 Å². The quantitative estimate of drug-likeness (QED) is 0.418. The molecule has 3 aromatic rings. The number of hydrogen-bond acceptors (Lipinski definition) is 4. The van der Waals surface area contributed by atoms with E-state index in [-0.39, 0.29) is 11.6 Å². The molecule has 140 valence electrons. The fourth-order valence-electron chi connectivity index (χ4n) is 2.46. The standard InChI is InChI=1S/C19H13BrClF2NO3/c1-9(25)15-13(22)7-8-14(16(15)23)26-10(2)19-24-17(18(20)27-19)11-3-5-12(21)6-4-11/h3-8,10H,1-2H3. The summed E-state index contributed by atoms with van der Waals surface area (Å²) < 4.78 is 39.5. The number of nitrogens with zero attached hydrogens (tertiary/aromatic N) is 1. The predicted octanol–water partition coefficient (Wildman–Crippen LogP) is 6.38. The van der Waals surface area contributed by atoms with Crippen LogP contribution in [0.5, 0.6) is 5.75 Å². The Balaban J connectivity index is 1.89. The van der Waals surface area contributed by atoms with Gasteiger partial charge in [-0.1, -0.05) is 23.7 Å². The first-order chi connectivity index (χ1) is 12.8. The van der Waals surface area contributed by atoms with Gasteiger partial charge in [0, 0.05) is 10.6 Å². The van der Waals surface area contributed by atoms with Gasteiger partial charge in [-0.3, -0.25) is 4.79 Å². The van der Waals surface area contributed by atoms with Crippen LogP contribution in [0.1, 0.15) is 36.2 Å². The van der Waals surface area contributed by atoms with Crippen molar-refractivity contribution in [3.63, 3.8) is 0 Å². The minimum atomic E-state index is -1.06. The van der Waals surface area contributed by atoms with E-state index in [0.717, 1.165) is 24.6 Å². The molecule has 0 saturated carbocycles. The molecule has 0 saturated heterocycles. The number of carbonyl (C=O) groups excluding carboxylic acids is 1. The minimum Gasteiger partial charge on any atom is -0.478 e. The highest BCUT2D eigenvalue weighted by Crippen LogP contribution is 2.33. The minimum absolute atomic E-state index is 0.180. The van der Waals surface area contributed by atoms with Gasteiger partial charge in [0.25, 0.3) is 0 Å². The third kappa shape index (κ3) is 4.04. The summed E-state index contributed by atoms with van der Waals surface area (Å²) in [6.07, 6.45) is -0.790. The van der Waals surface area contributed by atoms with Crippen LogP contribution in [-0.2, 0) is 0 Å². The summed E-state index contributed by atoms with van der Waals surface area (Å²) in [5.74, 6) is -2.81. The smallest absolute Gasteiger partial charge is 0.237 e. The van der Waals surface area contributed by atoms with Crippen molar-refractivity contribution in [1.82, 2.24) is 4.98 Å². The molecule has 3 rings (SSSR count). The Labute approximate surface area is 167 Å². The van der Waals surface area contributed by atoms with E-state index in [1.807, 2.05) is 0 Å². The highest BCUT2D eigenvalue weighted by molar-refractivity contribution is 9.10. The Morgan fingerprint density at radius 2 is 1.89 bits per heavy atom. The van der Waals surface area contributed by atoms with Crippen LogP contribution in [0.2, 0.25) is 5.02 Å². The van der Waals surface area contributed by atoms with Crippen molar-refractivity contribution in [1.29, 1.82) is 0 Å². The Hall–Kier alpha value is -2.25. The maximum Gasteiger partial charge on any atom is 0.237 e. The number of Topliss-reactive ketones (excluding diaryl/α,β-unsaturated/α-hetero) is 1. The first-order valence-electron chi connectivity index (χ1n) is 7.85. The summed E-state index contributed by atoms with van der Waals surface area (Å²) >= 11 is 9.18. The van der Waals surface area contributed by atoms with Crippen LogP contribution < -0.4 is 4.74 Å². The van der Waals surface area contributed by atoms with Crippen LogP contribution in [0, 0.1) is 11.6 Å². The fraction of sp³-hybridized carbons (Fsp3) is 0.158. The van der Waals surface area contributed by atoms with Crippen molar-refractivity contribution in [2.45, 2.75) is 20.0 Å². The van der Waals surface area contributed by atoms with Crippen molar-refractivity contribution < 1.29 is 22.7 Å². The Bertz CT molecular complexity index is 1000. The average Bonchev–Trinajstić information content (AvgIpc) is 3.00. The number of ketones is 1. The van der Waals surface area contributed by atoms with Gasteiger partial charge in [-0.15, -0.1) is 0 Å². The zero-order valence-corrected chi connectivity index (χ0v) is 16.6. The second kappa shape index (κ2) is 7.78. The largest absolute Gasteiger partial charge is 0.478 e. The third-order valence-corrected chi connectivity index (χ3v) is 4.57. The lowest BCUT2D eigenvalue weighted by molar-refractivity contribution is 0.100. The van der Waals surface area contributed by atoms with E-state index < -0.39 is 29.1 Å². The molecule has 4 nitrogen and oxygen atoms in total. The van der Waals surface area contributed by atoms with Gasteiger partial charge in [-0.2, -0.15) is 0 Å². The number of halogens is 4. The van der Waals surface area contributed by atoms with Gasteiger partial charge in [-0.25, -0.2) is 13.8 Å². The second-order valence-electron chi connectivity index (χ2n) is 5.73. The summed E-state index contributed by atoms with van der Waals surface area (Å²) in [6.45, 7) is 2.68. The van der Waals surface area contributed by atoms with Crippen molar-refractivity contribution in [2.75, 3.05) is 0 Å². The van der Waals surface area contributed by atoms with E-state index in [1.54, 1.807) is 31.2 Å². The molecule has 27 heavy (non-hydrogen) atoms. The predicted molar refractivity (Wildman–Crippen MR) is 100 cm³/mol. The number of ether oxygens (including phenoxy) is 1. The number of oxazole rings is 1. The van der Waals surface area contributed by atoms with E-state index in [1.165, 1.54) is 0 Å². The first kappa shape index (κ1) is 19.5. The van der Waals surface area contributed by atoms with Gasteiger partial charge in [0.15, 0.2) is 28.1 Å². The monoisotopic (exact) mass is 455 g/mol. The highest BCUT2D eigenvalue weighted by Gasteiger charge is 2.23. The maximum absolute atomic E-state index is 14.4. The number of carbonyl (C=O) groups is 1. The lowest BCUT2D eigenvalue weighted by Gasteiger charge is -2.13. The zero-order chi connectivity index (χ0) is 19.7. The van der Waals surface area contributed by atoms with Crippen LogP contribution in [-0.4, -0.2) is 10.8 Å². The fourth-order valence-corrected chi connectivity index (χ4v) is 3.07. The van der Waals surface area contributed by atoms with Crippen LogP contribution >= 0.6 is 27.5 Å². The van der Waals surface area contributed by atoms with E-state index >= 15 is 0 Å². The van der Waals surface area contributed by atoms with Crippen molar-refractivity contribution in [2.24, 2.45) is 0 Å². The average molecular weight is 457 g/mol. The molecular weight excluding hydrogens is 444 g/mol. The topological polar surface area (TPSA) is 52.3 Å². The SMILES string of the molecule is CC(=O)c1c(F)ccc(OC(C)c2nc(-c3ccc(Cl)cc3)c(Br)o2)c1F. The molecule has 0 bridgehead atoms. The Morgan fingerprint density at radius 1 is 1.22 bits per heavy atom. The van der Waals surface area contributed by atoms with E-state index in [9.17, 15) is 13.6 Å². The first-order valence-corrected chi connectivity index (χ1v) is 9.02. The molecule has 0 amide bonds. The molecule has 0 fully saturated rings. The van der Waals surface area contributed by atoms with Gasteiger partial charge in [0.1, 0.15) is 11.5 Å². The molecule has 8 heteroatoms. The molecule has 0 spiro atoms. The van der Waals surface area contributed by atoms with Gasteiger partial charge < -0.3 is 9.15 Å². The molecular formula is C19H13BrClF2NO3. The van der Waals surface area contributed by atoms with Crippen LogP contribution in [0.25, 0.3) is 11.3 Å². The lowest BCUT2D eigenvalue weighted by Crippen LogP contribution is -2.08. The molecule has 0 aliphatic carbocycles. The Morgan fingerprint density at radius 3 is 2.52 bits per heavy atom.